The zero-order chi connectivity index (χ0) is 16.5. The molecular formula is C13H15F3N2O3S. The number of hydrogen-bond acceptors (Lipinski definition) is 3. The van der Waals surface area contributed by atoms with Gasteiger partial charge in [0.1, 0.15) is 4.90 Å². The highest BCUT2D eigenvalue weighted by Crippen LogP contribution is 2.27. The van der Waals surface area contributed by atoms with Crippen LogP contribution in [0.3, 0.4) is 0 Å². The zero-order valence-electron chi connectivity index (χ0n) is 11.5. The Labute approximate surface area is 125 Å². The number of rotatable bonds is 4. The first kappa shape index (κ1) is 16.8. The summed E-state index contributed by atoms with van der Waals surface area (Å²) in [6.45, 7) is 0. The summed E-state index contributed by atoms with van der Waals surface area (Å²) in [5, 5.41) is 0. The first-order valence-corrected chi connectivity index (χ1v) is 8.17. The predicted molar refractivity (Wildman–Crippen MR) is 71.6 cm³/mol. The lowest BCUT2D eigenvalue weighted by molar-refractivity contribution is -0.123. The average Bonchev–Trinajstić information content (AvgIpc) is 2.44. The van der Waals surface area contributed by atoms with Crippen molar-refractivity contribution in [1.82, 2.24) is 4.72 Å². The molecule has 9 heteroatoms. The Balaban J connectivity index is 2.31. The second-order valence-corrected chi connectivity index (χ2v) is 6.88. The van der Waals surface area contributed by atoms with Gasteiger partial charge in [-0.25, -0.2) is 26.3 Å². The molecule has 22 heavy (non-hydrogen) atoms. The van der Waals surface area contributed by atoms with Crippen molar-refractivity contribution in [1.29, 1.82) is 0 Å². The van der Waals surface area contributed by atoms with Crippen molar-refractivity contribution in [3.05, 3.63) is 29.6 Å². The van der Waals surface area contributed by atoms with Gasteiger partial charge in [-0.15, -0.1) is 0 Å². The molecule has 1 saturated carbocycles. The summed E-state index contributed by atoms with van der Waals surface area (Å²) in [5.74, 6) is -6.50. The molecule has 1 aliphatic rings. The van der Waals surface area contributed by atoms with E-state index in [1.54, 1.807) is 0 Å². The van der Waals surface area contributed by atoms with Crippen LogP contribution in [0.25, 0.3) is 0 Å². The van der Waals surface area contributed by atoms with Crippen LogP contribution in [-0.2, 0) is 14.8 Å². The molecule has 5 nitrogen and oxygen atoms in total. The van der Waals surface area contributed by atoms with Crippen molar-refractivity contribution in [3.63, 3.8) is 0 Å². The molecule has 0 radical (unpaired) electrons. The predicted octanol–water partition coefficient (Wildman–Crippen LogP) is 1.43. The minimum Gasteiger partial charge on any atom is -0.369 e. The molecule has 1 aromatic rings. The van der Waals surface area contributed by atoms with Crippen molar-refractivity contribution < 1.29 is 26.4 Å². The molecule has 0 bridgehead atoms. The molecule has 1 aliphatic carbocycles. The van der Waals surface area contributed by atoms with E-state index in [1.807, 2.05) is 0 Å². The van der Waals surface area contributed by atoms with Crippen molar-refractivity contribution in [3.8, 4) is 0 Å². The molecule has 0 saturated heterocycles. The second kappa shape index (κ2) is 6.25. The minimum atomic E-state index is -4.44. The first-order chi connectivity index (χ1) is 10.2. The standard InChI is InChI=1S/C13H15F3N2O3S/c14-8-5-6-10(12(16)11(8)15)22(20,21)18-9-4-2-1-3-7(9)13(17)19/h5-7,9,18H,1-4H2,(H2,17,19)/t7-,9+/m0/s1. The van der Waals surface area contributed by atoms with E-state index in [-0.39, 0.29) is 0 Å². The molecule has 3 N–H and O–H groups in total. The lowest BCUT2D eigenvalue weighted by Gasteiger charge is -2.29. The van der Waals surface area contributed by atoms with Gasteiger partial charge in [-0.1, -0.05) is 12.8 Å². The van der Waals surface area contributed by atoms with Crippen LogP contribution in [0.4, 0.5) is 13.2 Å². The third kappa shape index (κ3) is 3.25. The van der Waals surface area contributed by atoms with Gasteiger partial charge in [0.05, 0.1) is 5.92 Å². The Hall–Kier alpha value is -1.61. The van der Waals surface area contributed by atoms with E-state index >= 15 is 0 Å². The number of nitrogens with two attached hydrogens (primary N) is 1. The molecule has 1 aromatic carbocycles. The molecule has 122 valence electrons. The van der Waals surface area contributed by atoms with Crippen LogP contribution >= 0.6 is 0 Å². The SMILES string of the molecule is NC(=O)[C@H]1CCCC[C@H]1NS(=O)(=O)c1ccc(F)c(F)c1F. The Morgan fingerprint density at radius 2 is 1.77 bits per heavy atom. The summed E-state index contributed by atoms with van der Waals surface area (Å²) in [6.07, 6.45) is 2.18. The van der Waals surface area contributed by atoms with E-state index in [0.29, 0.717) is 31.4 Å². The highest BCUT2D eigenvalue weighted by atomic mass is 32.2. The van der Waals surface area contributed by atoms with Gasteiger partial charge in [0.15, 0.2) is 17.5 Å². The fourth-order valence-electron chi connectivity index (χ4n) is 2.59. The van der Waals surface area contributed by atoms with Crippen LogP contribution in [0.5, 0.6) is 0 Å². The molecule has 1 fully saturated rings. The van der Waals surface area contributed by atoms with Gasteiger partial charge in [-0.05, 0) is 25.0 Å². The van der Waals surface area contributed by atoms with Crippen molar-refractivity contribution in [2.75, 3.05) is 0 Å². The van der Waals surface area contributed by atoms with Crippen molar-refractivity contribution >= 4 is 15.9 Å². The lowest BCUT2D eigenvalue weighted by Crippen LogP contribution is -2.47. The molecule has 0 aliphatic heterocycles. The largest absolute Gasteiger partial charge is 0.369 e. The van der Waals surface area contributed by atoms with Crippen LogP contribution in [-0.4, -0.2) is 20.4 Å². The molecule has 0 unspecified atom stereocenters. The van der Waals surface area contributed by atoms with E-state index < -0.39 is 50.2 Å². The van der Waals surface area contributed by atoms with E-state index in [0.717, 1.165) is 6.42 Å². The lowest BCUT2D eigenvalue weighted by atomic mass is 9.85. The maximum Gasteiger partial charge on any atom is 0.243 e. The molecule has 1 amide bonds. The van der Waals surface area contributed by atoms with Crippen LogP contribution in [0, 0.1) is 23.4 Å². The average molecular weight is 336 g/mol. The van der Waals surface area contributed by atoms with Crippen molar-refractivity contribution in [2.24, 2.45) is 11.7 Å². The van der Waals surface area contributed by atoms with Crippen LogP contribution in [0.15, 0.2) is 17.0 Å². The number of hydrogen-bond donors (Lipinski definition) is 2. The number of carbonyl (C=O) groups is 1. The second-order valence-electron chi connectivity index (χ2n) is 5.19. The topological polar surface area (TPSA) is 89.3 Å². The number of primary amides is 1. The smallest absolute Gasteiger partial charge is 0.243 e. The first-order valence-electron chi connectivity index (χ1n) is 6.69. The zero-order valence-corrected chi connectivity index (χ0v) is 12.3. The number of nitrogens with one attached hydrogen (secondary N) is 1. The quantitative estimate of drug-likeness (QED) is 0.815. The van der Waals surface area contributed by atoms with E-state index in [1.165, 1.54) is 0 Å². The highest BCUT2D eigenvalue weighted by molar-refractivity contribution is 7.89. The molecule has 2 atom stereocenters. The summed E-state index contributed by atoms with van der Waals surface area (Å²) in [6, 6.07) is 0.376. The van der Waals surface area contributed by atoms with Gasteiger partial charge in [-0.3, -0.25) is 4.79 Å². The van der Waals surface area contributed by atoms with E-state index in [2.05, 4.69) is 4.72 Å². The third-order valence-corrected chi connectivity index (χ3v) is 5.23. The number of halogens is 3. The van der Waals surface area contributed by atoms with Gasteiger partial charge in [-0.2, -0.15) is 0 Å². The Kier molecular flexibility index (Phi) is 4.76. The summed E-state index contributed by atoms with van der Waals surface area (Å²) in [5.41, 5.74) is 5.23. The van der Waals surface area contributed by atoms with Gasteiger partial charge in [0, 0.05) is 6.04 Å². The minimum absolute atomic E-state index is 0.359. The molecular weight excluding hydrogens is 321 g/mol. The maximum absolute atomic E-state index is 13.6. The fraction of sp³-hybridized carbons (Fsp3) is 0.462. The van der Waals surface area contributed by atoms with Gasteiger partial charge < -0.3 is 5.73 Å². The highest BCUT2D eigenvalue weighted by Gasteiger charge is 2.34. The maximum atomic E-state index is 13.6. The molecule has 2 rings (SSSR count). The van der Waals surface area contributed by atoms with Crippen molar-refractivity contribution in [2.45, 2.75) is 36.6 Å². The van der Waals surface area contributed by atoms with E-state index in [4.69, 9.17) is 5.73 Å². The summed E-state index contributed by atoms with van der Waals surface area (Å²) < 4.78 is 66.2. The molecule has 0 aromatic heterocycles. The van der Waals surface area contributed by atoms with Crippen LogP contribution < -0.4 is 10.5 Å². The van der Waals surface area contributed by atoms with Gasteiger partial charge in [0.2, 0.25) is 15.9 Å². The van der Waals surface area contributed by atoms with Crippen LogP contribution in [0.2, 0.25) is 0 Å². The fourth-order valence-corrected chi connectivity index (χ4v) is 3.97. The summed E-state index contributed by atoms with van der Waals surface area (Å²) >= 11 is 0. The van der Waals surface area contributed by atoms with Gasteiger partial charge in [0.25, 0.3) is 0 Å². The Bertz CT molecular complexity index is 694. The number of amides is 1. The number of sulfonamides is 1. The van der Waals surface area contributed by atoms with E-state index in [9.17, 15) is 26.4 Å². The number of benzene rings is 1. The summed E-state index contributed by atoms with van der Waals surface area (Å²) in [7, 11) is -4.44. The van der Waals surface area contributed by atoms with Crippen LogP contribution in [0.1, 0.15) is 25.7 Å². The van der Waals surface area contributed by atoms with Gasteiger partial charge >= 0.3 is 0 Å². The molecule has 0 spiro atoms. The number of carbonyl (C=O) groups excluding carboxylic acids is 1. The monoisotopic (exact) mass is 336 g/mol. The third-order valence-electron chi connectivity index (χ3n) is 3.73. The normalized spacial score (nSPS) is 22.5. The summed E-state index contributed by atoms with van der Waals surface area (Å²) in [4.78, 5) is 10.4. The Morgan fingerprint density at radius 1 is 1.14 bits per heavy atom. The molecule has 0 heterocycles. The Morgan fingerprint density at radius 3 is 2.41 bits per heavy atom.